The quantitative estimate of drug-likeness (QED) is 0.666. The minimum absolute atomic E-state index is 0.0783. The molecule has 0 N–H and O–H groups in total. The van der Waals surface area contributed by atoms with Crippen LogP contribution in [0.3, 0.4) is 0 Å². The zero-order chi connectivity index (χ0) is 15.6. The molecule has 4 heteroatoms. The van der Waals surface area contributed by atoms with Gasteiger partial charge in [-0.15, -0.1) is 0 Å². The van der Waals surface area contributed by atoms with Crippen LogP contribution >= 0.6 is 27.5 Å². The third kappa shape index (κ3) is 3.35. The Morgan fingerprint density at radius 1 is 0.905 bits per heavy atom. The van der Waals surface area contributed by atoms with E-state index in [1.165, 1.54) is 5.56 Å². The van der Waals surface area contributed by atoms with Crippen molar-refractivity contribution in [1.82, 2.24) is 0 Å². The van der Waals surface area contributed by atoms with Crippen LogP contribution in [0.4, 0.5) is 0 Å². The lowest BCUT2D eigenvalue weighted by Gasteiger charge is -2.18. The highest BCUT2D eigenvalue weighted by Crippen LogP contribution is 2.40. The molecular formula is C17H18BrClO2. The summed E-state index contributed by atoms with van der Waals surface area (Å²) in [5, 5.41) is 0.750. The molecule has 2 rings (SSSR count). The molecule has 0 bridgehead atoms. The van der Waals surface area contributed by atoms with E-state index in [0.29, 0.717) is 0 Å². The third-order valence-electron chi connectivity index (χ3n) is 3.55. The number of rotatable bonds is 4. The van der Waals surface area contributed by atoms with Crippen molar-refractivity contribution in [3.63, 3.8) is 0 Å². The Morgan fingerprint density at radius 2 is 1.48 bits per heavy atom. The predicted octanol–water partition coefficient (Wildman–Crippen LogP) is 5.46. The Bertz CT molecular complexity index is 655. The van der Waals surface area contributed by atoms with Crippen molar-refractivity contribution in [1.29, 1.82) is 0 Å². The first-order chi connectivity index (χ1) is 9.97. The molecule has 2 nitrogen and oxygen atoms in total. The summed E-state index contributed by atoms with van der Waals surface area (Å²) in [6.45, 7) is 4.13. The molecule has 0 fully saturated rings. The summed E-state index contributed by atoms with van der Waals surface area (Å²) in [6.07, 6.45) is 0. The lowest BCUT2D eigenvalue weighted by Crippen LogP contribution is -2.01. The van der Waals surface area contributed by atoms with Gasteiger partial charge in [0.05, 0.1) is 19.0 Å². The normalized spacial score (nSPS) is 12.1. The van der Waals surface area contributed by atoms with Crippen molar-refractivity contribution in [3.8, 4) is 11.5 Å². The Balaban J connectivity index is 2.50. The van der Waals surface area contributed by atoms with E-state index >= 15 is 0 Å². The SMILES string of the molecule is COc1cc(C)c(C(Br)c2ccc(Cl)cc2C)cc1OC. The fourth-order valence-electron chi connectivity index (χ4n) is 2.36. The highest BCUT2D eigenvalue weighted by Gasteiger charge is 2.18. The third-order valence-corrected chi connectivity index (χ3v) is 4.77. The monoisotopic (exact) mass is 368 g/mol. The van der Waals surface area contributed by atoms with Crippen LogP contribution in [0.15, 0.2) is 30.3 Å². The molecule has 0 aliphatic carbocycles. The molecule has 0 aliphatic rings. The van der Waals surface area contributed by atoms with Crippen LogP contribution in [0.2, 0.25) is 5.02 Å². The van der Waals surface area contributed by atoms with E-state index in [9.17, 15) is 0 Å². The average molecular weight is 370 g/mol. The molecule has 0 aliphatic heterocycles. The standard InChI is InChI=1S/C17H18BrClO2/c1-10-7-12(19)5-6-13(10)17(18)14-9-16(21-4)15(20-3)8-11(14)2/h5-9,17H,1-4H3. The summed E-state index contributed by atoms with van der Waals surface area (Å²) < 4.78 is 10.7. The molecule has 0 saturated heterocycles. The van der Waals surface area contributed by atoms with Crippen molar-refractivity contribution in [3.05, 3.63) is 57.6 Å². The molecule has 0 saturated carbocycles. The minimum Gasteiger partial charge on any atom is -0.493 e. The fraction of sp³-hybridized carbons (Fsp3) is 0.294. The zero-order valence-corrected chi connectivity index (χ0v) is 14.9. The largest absolute Gasteiger partial charge is 0.493 e. The molecule has 0 amide bonds. The second kappa shape index (κ2) is 6.71. The molecule has 0 radical (unpaired) electrons. The fourth-order valence-corrected chi connectivity index (χ4v) is 3.59. The van der Waals surface area contributed by atoms with Crippen LogP contribution in [0.1, 0.15) is 27.1 Å². The van der Waals surface area contributed by atoms with E-state index in [0.717, 1.165) is 33.2 Å². The summed E-state index contributed by atoms with van der Waals surface area (Å²) >= 11 is 9.83. The van der Waals surface area contributed by atoms with Crippen molar-refractivity contribution < 1.29 is 9.47 Å². The van der Waals surface area contributed by atoms with E-state index in [1.807, 2.05) is 30.3 Å². The topological polar surface area (TPSA) is 18.5 Å². The lowest BCUT2D eigenvalue weighted by atomic mass is 9.97. The average Bonchev–Trinajstić information content (AvgIpc) is 2.46. The first kappa shape index (κ1) is 16.2. The van der Waals surface area contributed by atoms with Crippen LogP contribution in [0.5, 0.6) is 11.5 Å². The van der Waals surface area contributed by atoms with Gasteiger partial charge in [0.1, 0.15) is 0 Å². The maximum Gasteiger partial charge on any atom is 0.161 e. The molecule has 112 valence electrons. The van der Waals surface area contributed by atoms with Gasteiger partial charge < -0.3 is 9.47 Å². The van der Waals surface area contributed by atoms with Gasteiger partial charge in [0, 0.05) is 5.02 Å². The summed E-state index contributed by atoms with van der Waals surface area (Å²) in [7, 11) is 3.29. The second-order valence-corrected chi connectivity index (χ2v) is 6.28. The van der Waals surface area contributed by atoms with Gasteiger partial charge in [0.2, 0.25) is 0 Å². The van der Waals surface area contributed by atoms with Crippen LogP contribution in [0, 0.1) is 13.8 Å². The zero-order valence-electron chi connectivity index (χ0n) is 12.5. The van der Waals surface area contributed by atoms with Crippen LogP contribution < -0.4 is 9.47 Å². The summed E-state index contributed by atoms with van der Waals surface area (Å²) in [5.74, 6) is 1.47. The van der Waals surface area contributed by atoms with Gasteiger partial charge in [-0.1, -0.05) is 33.6 Å². The van der Waals surface area contributed by atoms with Crippen molar-refractivity contribution in [2.45, 2.75) is 18.7 Å². The van der Waals surface area contributed by atoms with Gasteiger partial charge in [-0.2, -0.15) is 0 Å². The Kier molecular flexibility index (Phi) is 5.17. The molecule has 0 aromatic heterocycles. The summed E-state index contributed by atoms with van der Waals surface area (Å²) in [4.78, 5) is 0.0783. The highest BCUT2D eigenvalue weighted by molar-refractivity contribution is 9.09. The van der Waals surface area contributed by atoms with Crippen molar-refractivity contribution in [2.75, 3.05) is 14.2 Å². The number of halogens is 2. The van der Waals surface area contributed by atoms with Crippen molar-refractivity contribution in [2.24, 2.45) is 0 Å². The predicted molar refractivity (Wildman–Crippen MR) is 91.2 cm³/mol. The minimum atomic E-state index is 0.0783. The molecule has 0 heterocycles. The number of benzene rings is 2. The maximum atomic E-state index is 6.03. The number of aryl methyl sites for hydroxylation is 2. The van der Waals surface area contributed by atoms with Gasteiger partial charge in [0.25, 0.3) is 0 Å². The van der Waals surface area contributed by atoms with E-state index in [-0.39, 0.29) is 4.83 Å². The number of hydrogen-bond donors (Lipinski definition) is 0. The van der Waals surface area contributed by atoms with E-state index in [1.54, 1.807) is 14.2 Å². The highest BCUT2D eigenvalue weighted by atomic mass is 79.9. The summed E-state index contributed by atoms with van der Waals surface area (Å²) in [5.41, 5.74) is 4.63. The van der Waals surface area contributed by atoms with E-state index in [4.69, 9.17) is 21.1 Å². The van der Waals surface area contributed by atoms with Gasteiger partial charge in [-0.05, 0) is 60.4 Å². The molecule has 1 unspecified atom stereocenters. The van der Waals surface area contributed by atoms with Crippen LogP contribution in [-0.4, -0.2) is 14.2 Å². The smallest absolute Gasteiger partial charge is 0.161 e. The Hall–Kier alpha value is -1.19. The first-order valence-electron chi connectivity index (χ1n) is 6.60. The molecule has 21 heavy (non-hydrogen) atoms. The van der Waals surface area contributed by atoms with Crippen LogP contribution in [0.25, 0.3) is 0 Å². The van der Waals surface area contributed by atoms with E-state index in [2.05, 4.69) is 29.8 Å². The van der Waals surface area contributed by atoms with Crippen molar-refractivity contribution >= 4 is 27.5 Å². The Morgan fingerprint density at radius 3 is 2.05 bits per heavy atom. The number of ether oxygens (including phenoxy) is 2. The summed E-state index contributed by atoms with van der Waals surface area (Å²) in [6, 6.07) is 9.94. The molecular weight excluding hydrogens is 352 g/mol. The molecule has 0 spiro atoms. The maximum absolute atomic E-state index is 6.03. The van der Waals surface area contributed by atoms with Gasteiger partial charge in [-0.3, -0.25) is 0 Å². The van der Waals surface area contributed by atoms with Gasteiger partial charge >= 0.3 is 0 Å². The van der Waals surface area contributed by atoms with E-state index < -0.39 is 0 Å². The number of hydrogen-bond acceptors (Lipinski definition) is 2. The number of alkyl halides is 1. The molecule has 1 atom stereocenters. The lowest BCUT2D eigenvalue weighted by molar-refractivity contribution is 0.354. The number of methoxy groups -OCH3 is 2. The van der Waals surface area contributed by atoms with Gasteiger partial charge in [0.15, 0.2) is 11.5 Å². The molecule has 2 aromatic rings. The Labute approximate surface area is 139 Å². The van der Waals surface area contributed by atoms with Crippen LogP contribution in [-0.2, 0) is 0 Å². The van der Waals surface area contributed by atoms with Gasteiger partial charge in [-0.25, -0.2) is 0 Å². The molecule has 2 aromatic carbocycles. The second-order valence-electron chi connectivity index (χ2n) is 4.93. The first-order valence-corrected chi connectivity index (χ1v) is 7.90.